The van der Waals surface area contributed by atoms with Crippen molar-refractivity contribution < 1.29 is 28.5 Å². The minimum absolute atomic E-state index is 0.211. The lowest BCUT2D eigenvalue weighted by Crippen LogP contribution is -2.41. The predicted octanol–water partition coefficient (Wildman–Crippen LogP) is 4.91. The van der Waals surface area contributed by atoms with Crippen LogP contribution in [0.25, 0.3) is 6.08 Å². The molecule has 1 saturated heterocycles. The highest BCUT2D eigenvalue weighted by Gasteiger charge is 2.39. The molecule has 152 valence electrons. The lowest BCUT2D eigenvalue weighted by molar-refractivity contribution is -0.222. The Labute approximate surface area is 181 Å². The smallest absolute Gasteiger partial charge is 0.348 e. The van der Waals surface area contributed by atoms with Crippen molar-refractivity contribution in [2.24, 2.45) is 0 Å². The van der Waals surface area contributed by atoms with Crippen molar-refractivity contribution in [1.29, 1.82) is 0 Å². The van der Waals surface area contributed by atoms with E-state index in [1.807, 2.05) is 18.2 Å². The summed E-state index contributed by atoms with van der Waals surface area (Å²) in [4.78, 5) is 24.3. The second-order valence-corrected chi connectivity index (χ2v) is 7.90. The maximum Gasteiger partial charge on any atom is 0.348 e. The van der Waals surface area contributed by atoms with E-state index in [-0.39, 0.29) is 12.2 Å². The summed E-state index contributed by atoms with van der Waals surface area (Å²) < 4.78 is 22.1. The molecule has 29 heavy (non-hydrogen) atoms. The number of rotatable bonds is 5. The van der Waals surface area contributed by atoms with E-state index in [4.69, 9.17) is 30.5 Å². The van der Waals surface area contributed by atoms with Gasteiger partial charge in [0.15, 0.2) is 11.5 Å². The average molecular weight is 482 g/mol. The van der Waals surface area contributed by atoms with Gasteiger partial charge in [0.1, 0.15) is 12.2 Å². The van der Waals surface area contributed by atoms with E-state index < -0.39 is 17.7 Å². The molecule has 1 aliphatic heterocycles. The number of halogens is 2. The van der Waals surface area contributed by atoms with Crippen LogP contribution in [0.1, 0.15) is 25.0 Å². The first-order valence-electron chi connectivity index (χ1n) is 8.62. The van der Waals surface area contributed by atoms with Gasteiger partial charge >= 0.3 is 11.9 Å². The minimum Gasteiger partial charge on any atom is -0.493 e. The summed E-state index contributed by atoms with van der Waals surface area (Å²) in [6, 6.07) is 10.7. The fourth-order valence-electron chi connectivity index (χ4n) is 2.64. The molecule has 0 aromatic heterocycles. The van der Waals surface area contributed by atoms with E-state index in [2.05, 4.69) is 15.9 Å². The van der Waals surface area contributed by atoms with Gasteiger partial charge in [0.2, 0.25) is 0 Å². The lowest BCUT2D eigenvalue weighted by Gasteiger charge is -2.29. The zero-order chi connectivity index (χ0) is 21.2. The predicted molar refractivity (Wildman–Crippen MR) is 111 cm³/mol. The van der Waals surface area contributed by atoms with Crippen molar-refractivity contribution in [2.45, 2.75) is 26.2 Å². The van der Waals surface area contributed by atoms with E-state index in [0.717, 1.165) is 5.56 Å². The first kappa shape index (κ1) is 21.2. The number of cyclic esters (lactones) is 2. The molecule has 0 bridgehead atoms. The Morgan fingerprint density at radius 3 is 2.38 bits per heavy atom. The van der Waals surface area contributed by atoms with Gasteiger partial charge in [0, 0.05) is 28.9 Å². The van der Waals surface area contributed by atoms with Gasteiger partial charge in [-0.1, -0.05) is 45.7 Å². The summed E-state index contributed by atoms with van der Waals surface area (Å²) in [6.07, 6.45) is 1.38. The van der Waals surface area contributed by atoms with E-state index in [1.54, 1.807) is 18.2 Å². The van der Waals surface area contributed by atoms with Crippen LogP contribution < -0.4 is 9.47 Å². The molecule has 2 aromatic rings. The van der Waals surface area contributed by atoms with Crippen LogP contribution in [0.2, 0.25) is 5.02 Å². The topological polar surface area (TPSA) is 71.1 Å². The van der Waals surface area contributed by atoms with Crippen LogP contribution in [0.5, 0.6) is 11.5 Å². The molecular formula is C21H18BrClO6. The largest absolute Gasteiger partial charge is 0.493 e. The first-order valence-corrected chi connectivity index (χ1v) is 9.79. The quantitative estimate of drug-likeness (QED) is 0.343. The number of carbonyl (C=O) groups excluding carboxylic acids is 2. The van der Waals surface area contributed by atoms with Gasteiger partial charge in [-0.2, -0.15) is 0 Å². The third kappa shape index (κ3) is 4.92. The lowest BCUT2D eigenvalue weighted by atomic mass is 10.1. The molecule has 0 atom stereocenters. The first-order chi connectivity index (χ1) is 13.7. The van der Waals surface area contributed by atoms with Gasteiger partial charge in [0.05, 0.1) is 7.11 Å². The van der Waals surface area contributed by atoms with Crippen molar-refractivity contribution in [1.82, 2.24) is 0 Å². The normalized spacial score (nSPS) is 15.4. The number of methoxy groups -OCH3 is 1. The van der Waals surface area contributed by atoms with E-state index in [1.165, 1.54) is 27.0 Å². The second kappa shape index (κ2) is 8.47. The SMILES string of the molecule is COc1cc(C=C2C(=O)OC(C)(C)OC2=O)c(Br)cc1OCc1ccccc1Cl. The molecule has 1 fully saturated rings. The van der Waals surface area contributed by atoms with Crippen LogP contribution in [0, 0.1) is 0 Å². The Kier molecular flexibility index (Phi) is 6.19. The Morgan fingerprint density at radius 2 is 1.76 bits per heavy atom. The van der Waals surface area contributed by atoms with Crippen molar-refractivity contribution in [3.05, 3.63) is 62.6 Å². The number of ether oxygens (including phenoxy) is 4. The summed E-state index contributed by atoms with van der Waals surface area (Å²) >= 11 is 9.59. The third-order valence-corrected chi connectivity index (χ3v) is 5.10. The molecular weight excluding hydrogens is 464 g/mol. The molecule has 2 aromatic carbocycles. The number of esters is 2. The molecule has 0 radical (unpaired) electrons. The Morgan fingerprint density at radius 1 is 1.10 bits per heavy atom. The number of hydrogen-bond donors (Lipinski definition) is 0. The molecule has 1 heterocycles. The van der Waals surface area contributed by atoms with E-state index in [0.29, 0.717) is 26.6 Å². The zero-order valence-corrected chi connectivity index (χ0v) is 18.3. The molecule has 0 amide bonds. The molecule has 0 unspecified atom stereocenters. The standard InChI is InChI=1S/C21H18BrClO6/c1-21(2)28-19(24)14(20(25)29-21)8-13-9-17(26-3)18(10-15(13)22)27-11-12-6-4-5-7-16(12)23/h4-10H,11H2,1-3H3. The maximum absolute atomic E-state index is 12.2. The fraction of sp³-hybridized carbons (Fsp3) is 0.238. The molecule has 1 aliphatic rings. The van der Waals surface area contributed by atoms with Gasteiger partial charge in [-0.15, -0.1) is 0 Å². The number of carbonyl (C=O) groups is 2. The van der Waals surface area contributed by atoms with Crippen LogP contribution in [0.4, 0.5) is 0 Å². The van der Waals surface area contributed by atoms with Crippen molar-refractivity contribution in [3.63, 3.8) is 0 Å². The molecule has 6 nitrogen and oxygen atoms in total. The molecule has 0 saturated carbocycles. The Balaban J connectivity index is 1.88. The highest BCUT2D eigenvalue weighted by atomic mass is 79.9. The van der Waals surface area contributed by atoms with Crippen LogP contribution >= 0.6 is 27.5 Å². The van der Waals surface area contributed by atoms with Crippen LogP contribution in [0.15, 0.2) is 46.4 Å². The molecule has 0 aliphatic carbocycles. The number of hydrogen-bond acceptors (Lipinski definition) is 6. The van der Waals surface area contributed by atoms with Gasteiger partial charge in [0.25, 0.3) is 5.79 Å². The molecule has 0 N–H and O–H groups in total. The highest BCUT2D eigenvalue weighted by molar-refractivity contribution is 9.10. The number of benzene rings is 2. The second-order valence-electron chi connectivity index (χ2n) is 6.64. The fourth-order valence-corrected chi connectivity index (χ4v) is 3.27. The van der Waals surface area contributed by atoms with Crippen LogP contribution in [-0.2, 0) is 25.7 Å². The van der Waals surface area contributed by atoms with E-state index >= 15 is 0 Å². The molecule has 8 heteroatoms. The third-order valence-electron chi connectivity index (χ3n) is 4.04. The minimum atomic E-state index is -1.29. The zero-order valence-electron chi connectivity index (χ0n) is 16.0. The van der Waals surface area contributed by atoms with E-state index in [9.17, 15) is 9.59 Å². The van der Waals surface area contributed by atoms with Crippen LogP contribution in [-0.4, -0.2) is 24.8 Å². The van der Waals surface area contributed by atoms with Crippen LogP contribution in [0.3, 0.4) is 0 Å². The summed E-state index contributed by atoms with van der Waals surface area (Å²) in [6.45, 7) is 3.23. The monoisotopic (exact) mass is 480 g/mol. The molecule has 3 rings (SSSR count). The summed E-state index contributed by atoms with van der Waals surface area (Å²) in [5, 5.41) is 0.601. The average Bonchev–Trinajstić information content (AvgIpc) is 2.64. The van der Waals surface area contributed by atoms with Gasteiger partial charge in [-0.25, -0.2) is 9.59 Å². The summed E-state index contributed by atoms with van der Waals surface area (Å²) in [5.74, 6) is -1.91. The Hall–Kier alpha value is -2.51. The van der Waals surface area contributed by atoms with Crippen molar-refractivity contribution in [3.8, 4) is 11.5 Å². The van der Waals surface area contributed by atoms with Crippen molar-refractivity contribution in [2.75, 3.05) is 7.11 Å². The van der Waals surface area contributed by atoms with Gasteiger partial charge in [-0.05, 0) is 29.8 Å². The summed E-state index contributed by atoms with van der Waals surface area (Å²) in [7, 11) is 1.49. The highest BCUT2D eigenvalue weighted by Crippen LogP contribution is 2.36. The maximum atomic E-state index is 12.2. The molecule has 0 spiro atoms. The van der Waals surface area contributed by atoms with Crippen molar-refractivity contribution >= 4 is 45.5 Å². The van der Waals surface area contributed by atoms with Gasteiger partial charge < -0.3 is 18.9 Å². The van der Waals surface area contributed by atoms with Gasteiger partial charge in [-0.3, -0.25) is 0 Å². The Bertz CT molecular complexity index is 977. The summed E-state index contributed by atoms with van der Waals surface area (Å²) in [5.41, 5.74) is 1.14.